The third-order valence-electron chi connectivity index (χ3n) is 1.79. The molecular formula is C9H9Cl2NO4S. The first-order chi connectivity index (χ1) is 7.89. The monoisotopic (exact) mass is 297 g/mol. The maximum absolute atomic E-state index is 11.3. The number of benzene rings is 1. The number of carbonyl (C=O) groups excluding carboxylic acids is 1. The van der Waals surface area contributed by atoms with Crippen LogP contribution in [0.2, 0.25) is 5.02 Å². The molecule has 0 heterocycles. The zero-order chi connectivity index (χ0) is 13.1. The van der Waals surface area contributed by atoms with Crippen LogP contribution in [0.4, 0.5) is 5.69 Å². The lowest BCUT2D eigenvalue weighted by Crippen LogP contribution is -2.14. The highest BCUT2D eigenvalue weighted by molar-refractivity contribution is 7.93. The topological polar surface area (TPSA) is 72.5 Å². The van der Waals surface area contributed by atoms with Crippen molar-refractivity contribution in [2.24, 2.45) is 0 Å². The number of ether oxygens (including phenoxy) is 1. The molecule has 8 heteroatoms. The van der Waals surface area contributed by atoms with Crippen molar-refractivity contribution in [1.82, 2.24) is 0 Å². The van der Waals surface area contributed by atoms with E-state index in [1.54, 1.807) is 0 Å². The van der Waals surface area contributed by atoms with Crippen LogP contribution < -0.4 is 4.72 Å². The molecule has 0 saturated heterocycles. The molecule has 0 atom stereocenters. The maximum Gasteiger partial charge on any atom is 0.339 e. The summed E-state index contributed by atoms with van der Waals surface area (Å²) in [5.41, 5.74) is 0.263. The van der Waals surface area contributed by atoms with Gasteiger partial charge in [0.15, 0.2) is 0 Å². The highest BCUT2D eigenvalue weighted by Gasteiger charge is 2.14. The van der Waals surface area contributed by atoms with E-state index in [1.165, 1.54) is 25.3 Å². The Labute approximate surface area is 109 Å². The van der Waals surface area contributed by atoms with Crippen LogP contribution in [0, 0.1) is 0 Å². The predicted molar refractivity (Wildman–Crippen MR) is 66.1 cm³/mol. The van der Waals surface area contributed by atoms with Gasteiger partial charge in [0, 0.05) is 5.69 Å². The molecule has 0 radical (unpaired) electrons. The molecule has 1 aromatic carbocycles. The van der Waals surface area contributed by atoms with Crippen molar-refractivity contribution >= 4 is 44.9 Å². The number of sulfonamides is 1. The average molecular weight is 298 g/mol. The average Bonchev–Trinajstić information content (AvgIpc) is 2.30. The lowest BCUT2D eigenvalue weighted by atomic mass is 10.2. The molecular weight excluding hydrogens is 289 g/mol. The smallest absolute Gasteiger partial charge is 0.339 e. The number of hydrogen-bond acceptors (Lipinski definition) is 4. The van der Waals surface area contributed by atoms with E-state index >= 15 is 0 Å². The molecule has 0 fully saturated rings. The van der Waals surface area contributed by atoms with Crippen molar-refractivity contribution in [3.05, 3.63) is 28.8 Å². The van der Waals surface area contributed by atoms with Gasteiger partial charge < -0.3 is 4.74 Å². The highest BCUT2D eigenvalue weighted by atomic mass is 35.5. The Balaban J connectivity index is 3.09. The Bertz CT molecular complexity index is 530. The van der Waals surface area contributed by atoms with E-state index in [0.717, 1.165) is 0 Å². The Morgan fingerprint density at radius 2 is 2.12 bits per heavy atom. The van der Waals surface area contributed by atoms with Crippen molar-refractivity contribution in [2.75, 3.05) is 17.0 Å². The van der Waals surface area contributed by atoms with Crippen LogP contribution in [0.1, 0.15) is 10.4 Å². The van der Waals surface area contributed by atoms with Gasteiger partial charge in [0.2, 0.25) is 10.0 Å². The van der Waals surface area contributed by atoms with Gasteiger partial charge in [-0.1, -0.05) is 11.6 Å². The van der Waals surface area contributed by atoms with E-state index in [-0.39, 0.29) is 16.3 Å². The number of halogens is 2. The molecule has 0 spiro atoms. The molecule has 0 aliphatic rings. The van der Waals surface area contributed by atoms with E-state index in [0.29, 0.717) is 0 Å². The number of anilines is 1. The van der Waals surface area contributed by atoms with E-state index in [1.807, 2.05) is 0 Å². The van der Waals surface area contributed by atoms with E-state index in [9.17, 15) is 13.2 Å². The summed E-state index contributed by atoms with van der Waals surface area (Å²) in [6.45, 7) is 0. The summed E-state index contributed by atoms with van der Waals surface area (Å²) in [5.74, 6) is -0.651. The van der Waals surface area contributed by atoms with Crippen molar-refractivity contribution in [3.8, 4) is 0 Å². The summed E-state index contributed by atoms with van der Waals surface area (Å²) in [7, 11) is -2.41. The second kappa shape index (κ2) is 5.57. The van der Waals surface area contributed by atoms with Gasteiger partial charge in [0.05, 0.1) is 17.7 Å². The van der Waals surface area contributed by atoms with Gasteiger partial charge in [-0.3, -0.25) is 4.72 Å². The van der Waals surface area contributed by atoms with Gasteiger partial charge in [-0.05, 0) is 18.2 Å². The second-order valence-corrected chi connectivity index (χ2v) is 5.73. The summed E-state index contributed by atoms with van der Waals surface area (Å²) < 4.78 is 29.1. The Kier molecular flexibility index (Phi) is 4.62. The van der Waals surface area contributed by atoms with Gasteiger partial charge >= 0.3 is 5.97 Å². The van der Waals surface area contributed by atoms with Crippen LogP contribution in [-0.2, 0) is 14.8 Å². The standard InChI is InChI=1S/C9H9Cl2NO4S/c1-16-9(13)7-4-6(2-3-8(7)11)12-17(14,15)5-10/h2-4,12H,5H2,1H3. The summed E-state index contributed by atoms with van der Waals surface area (Å²) in [5, 5.41) is -0.408. The largest absolute Gasteiger partial charge is 0.465 e. The summed E-state index contributed by atoms with van der Waals surface area (Å²) in [6, 6.07) is 4.08. The van der Waals surface area contributed by atoms with Gasteiger partial charge in [0.1, 0.15) is 5.21 Å². The van der Waals surface area contributed by atoms with Gasteiger partial charge in [0.25, 0.3) is 0 Å². The number of nitrogens with one attached hydrogen (secondary N) is 1. The second-order valence-electron chi connectivity index (χ2n) is 3.01. The van der Waals surface area contributed by atoms with E-state index in [4.69, 9.17) is 23.2 Å². The Morgan fingerprint density at radius 1 is 1.47 bits per heavy atom. The zero-order valence-electron chi connectivity index (χ0n) is 8.74. The molecule has 17 heavy (non-hydrogen) atoms. The predicted octanol–water partition coefficient (Wildman–Crippen LogP) is 2.06. The zero-order valence-corrected chi connectivity index (χ0v) is 11.1. The SMILES string of the molecule is COC(=O)c1cc(NS(=O)(=O)CCl)ccc1Cl. The molecule has 0 saturated carbocycles. The van der Waals surface area contributed by atoms with Gasteiger partial charge in [-0.15, -0.1) is 11.6 Å². The minimum atomic E-state index is -3.61. The molecule has 0 bridgehead atoms. The Morgan fingerprint density at radius 3 is 2.65 bits per heavy atom. The number of carbonyl (C=O) groups is 1. The fourth-order valence-electron chi connectivity index (χ4n) is 1.06. The highest BCUT2D eigenvalue weighted by Crippen LogP contribution is 2.22. The molecule has 0 aliphatic carbocycles. The summed E-state index contributed by atoms with van der Waals surface area (Å²) in [6.07, 6.45) is 0. The van der Waals surface area contributed by atoms with Crippen molar-refractivity contribution in [2.45, 2.75) is 0 Å². The molecule has 94 valence electrons. The minimum absolute atomic E-state index is 0.0731. The Hall–Kier alpha value is -0.980. The molecule has 5 nitrogen and oxygen atoms in total. The number of alkyl halides is 1. The van der Waals surface area contributed by atoms with Gasteiger partial charge in [-0.25, -0.2) is 13.2 Å². The third kappa shape index (κ3) is 3.76. The quantitative estimate of drug-likeness (QED) is 0.682. The molecule has 1 N–H and O–H groups in total. The fraction of sp³-hybridized carbons (Fsp3) is 0.222. The molecule has 0 unspecified atom stereocenters. The van der Waals surface area contributed by atoms with Crippen LogP contribution in [0.3, 0.4) is 0 Å². The van der Waals surface area contributed by atoms with Gasteiger partial charge in [-0.2, -0.15) is 0 Å². The molecule has 0 aromatic heterocycles. The van der Waals surface area contributed by atoms with E-state index in [2.05, 4.69) is 9.46 Å². The lowest BCUT2D eigenvalue weighted by molar-refractivity contribution is 0.0601. The molecule has 1 rings (SSSR count). The van der Waals surface area contributed by atoms with Crippen LogP contribution >= 0.6 is 23.2 Å². The van der Waals surface area contributed by atoms with Crippen LogP contribution in [0.25, 0.3) is 0 Å². The number of esters is 1. The third-order valence-corrected chi connectivity index (χ3v) is 3.81. The first kappa shape index (κ1) is 14.1. The van der Waals surface area contributed by atoms with E-state index < -0.39 is 21.2 Å². The maximum atomic E-state index is 11.3. The molecule has 1 aromatic rings. The van der Waals surface area contributed by atoms with Crippen LogP contribution in [0.15, 0.2) is 18.2 Å². The summed E-state index contributed by atoms with van der Waals surface area (Å²) in [4.78, 5) is 11.3. The lowest BCUT2D eigenvalue weighted by Gasteiger charge is -2.08. The van der Waals surface area contributed by atoms with Crippen molar-refractivity contribution in [1.29, 1.82) is 0 Å². The molecule has 0 amide bonds. The first-order valence-electron chi connectivity index (χ1n) is 4.34. The normalized spacial score (nSPS) is 11.0. The van der Waals surface area contributed by atoms with Crippen LogP contribution in [-0.4, -0.2) is 26.7 Å². The van der Waals surface area contributed by atoms with Crippen molar-refractivity contribution in [3.63, 3.8) is 0 Å². The minimum Gasteiger partial charge on any atom is -0.465 e. The number of methoxy groups -OCH3 is 1. The number of hydrogen-bond donors (Lipinski definition) is 1. The molecule has 0 aliphatic heterocycles. The number of rotatable bonds is 4. The summed E-state index contributed by atoms with van der Waals surface area (Å²) >= 11 is 11.0. The van der Waals surface area contributed by atoms with Crippen LogP contribution in [0.5, 0.6) is 0 Å². The van der Waals surface area contributed by atoms with Crippen molar-refractivity contribution < 1.29 is 17.9 Å². The first-order valence-corrected chi connectivity index (χ1v) is 6.90. The fourth-order valence-corrected chi connectivity index (χ4v) is 1.96.